The van der Waals surface area contributed by atoms with Crippen molar-refractivity contribution in [3.05, 3.63) is 84.3 Å². The van der Waals surface area contributed by atoms with Crippen LogP contribution < -0.4 is 5.43 Å². The number of halogens is 3. The molecule has 1 amide bonds. The Morgan fingerprint density at radius 2 is 1.91 bits per heavy atom. The molecule has 0 fully saturated rings. The molecule has 2 aromatic carbocycles. The van der Waals surface area contributed by atoms with Crippen LogP contribution in [0.15, 0.2) is 83.4 Å². The van der Waals surface area contributed by atoms with Gasteiger partial charge in [-0.25, -0.2) is 10.4 Å². The predicted molar refractivity (Wildman–Crippen MR) is 120 cm³/mol. The van der Waals surface area contributed by atoms with Crippen LogP contribution in [-0.2, 0) is 11.0 Å². The maximum Gasteiger partial charge on any atom is 0.416 e. The number of para-hydroxylation sites is 1. The number of hydrogen-bond donors (Lipinski definition) is 1. The van der Waals surface area contributed by atoms with E-state index in [4.69, 9.17) is 0 Å². The van der Waals surface area contributed by atoms with E-state index in [-0.39, 0.29) is 11.3 Å². The summed E-state index contributed by atoms with van der Waals surface area (Å²) in [6.07, 6.45) is 1.35. The number of alkyl halides is 3. The summed E-state index contributed by atoms with van der Waals surface area (Å²) in [5, 5.41) is 12.6. The Balaban J connectivity index is 1.45. The molecule has 4 aromatic rings. The molecule has 34 heavy (non-hydrogen) atoms. The van der Waals surface area contributed by atoms with Crippen LogP contribution in [0.1, 0.15) is 11.1 Å². The normalized spacial score (nSPS) is 11.6. The number of hydrogen-bond acceptors (Lipinski definition) is 7. The van der Waals surface area contributed by atoms with Crippen LogP contribution in [0.3, 0.4) is 0 Å². The second kappa shape index (κ2) is 10.3. The number of hydrazone groups is 1. The minimum absolute atomic E-state index is 0.0502. The zero-order valence-corrected chi connectivity index (χ0v) is 18.2. The molecule has 0 radical (unpaired) electrons. The first-order valence-electron chi connectivity index (χ1n) is 9.81. The summed E-state index contributed by atoms with van der Waals surface area (Å²) in [5.41, 5.74) is 3.01. The number of amides is 1. The zero-order chi connectivity index (χ0) is 24.0. The van der Waals surface area contributed by atoms with Gasteiger partial charge >= 0.3 is 6.18 Å². The van der Waals surface area contributed by atoms with Crippen LogP contribution in [0, 0.1) is 0 Å². The standard InChI is InChI=1S/C22H16F3N7OS/c23-22(24,25)16-6-4-5-15(11-16)12-28-29-19(33)14-34-21-31-30-20(18-13-26-9-10-27-18)32(21)17-7-2-1-3-8-17/h1-13H,14H2,(H,29,33)/b28-12+. The van der Waals surface area contributed by atoms with Crippen molar-refractivity contribution in [3.8, 4) is 17.2 Å². The van der Waals surface area contributed by atoms with Gasteiger partial charge in [-0.05, 0) is 29.8 Å². The van der Waals surface area contributed by atoms with Gasteiger partial charge in [-0.3, -0.25) is 14.3 Å². The van der Waals surface area contributed by atoms with Gasteiger partial charge in [0.15, 0.2) is 11.0 Å². The molecule has 172 valence electrons. The molecule has 12 heteroatoms. The second-order valence-electron chi connectivity index (χ2n) is 6.77. The Morgan fingerprint density at radius 1 is 1.09 bits per heavy atom. The lowest BCUT2D eigenvalue weighted by Gasteiger charge is -2.09. The van der Waals surface area contributed by atoms with Gasteiger partial charge in [-0.1, -0.05) is 42.1 Å². The molecule has 0 atom stereocenters. The number of thioether (sulfide) groups is 1. The SMILES string of the molecule is O=C(CSc1nnc(-c2cnccn2)n1-c1ccccc1)N/N=C/c1cccc(C(F)(F)F)c1. The largest absolute Gasteiger partial charge is 0.416 e. The molecule has 0 aliphatic carbocycles. The van der Waals surface area contributed by atoms with Crippen LogP contribution >= 0.6 is 11.8 Å². The number of carbonyl (C=O) groups excluding carboxylic acids is 1. The molecule has 4 rings (SSSR count). The molecule has 8 nitrogen and oxygen atoms in total. The van der Waals surface area contributed by atoms with Gasteiger partial charge < -0.3 is 0 Å². The number of carbonyl (C=O) groups is 1. The van der Waals surface area contributed by atoms with E-state index >= 15 is 0 Å². The molecule has 0 saturated carbocycles. The molecular weight excluding hydrogens is 467 g/mol. The minimum Gasteiger partial charge on any atom is -0.272 e. The smallest absolute Gasteiger partial charge is 0.272 e. The summed E-state index contributed by atoms with van der Waals surface area (Å²) in [7, 11) is 0. The number of benzene rings is 2. The van der Waals surface area contributed by atoms with E-state index in [1.54, 1.807) is 23.2 Å². The first-order chi connectivity index (χ1) is 16.4. The zero-order valence-electron chi connectivity index (χ0n) is 17.3. The topological polar surface area (TPSA) is 98.0 Å². The van der Waals surface area contributed by atoms with Crippen LogP contribution in [0.5, 0.6) is 0 Å². The Morgan fingerprint density at radius 3 is 2.65 bits per heavy atom. The fourth-order valence-corrected chi connectivity index (χ4v) is 3.63. The van der Waals surface area contributed by atoms with Gasteiger partial charge in [0.05, 0.1) is 23.7 Å². The Labute approximate surface area is 196 Å². The first kappa shape index (κ1) is 23.1. The van der Waals surface area contributed by atoms with E-state index in [9.17, 15) is 18.0 Å². The average molecular weight is 483 g/mol. The van der Waals surface area contributed by atoms with E-state index in [1.807, 2.05) is 30.3 Å². The first-order valence-corrected chi connectivity index (χ1v) is 10.8. The lowest BCUT2D eigenvalue weighted by molar-refractivity contribution is -0.137. The van der Waals surface area contributed by atoms with Crippen LogP contribution in [-0.4, -0.2) is 42.6 Å². The van der Waals surface area contributed by atoms with Crippen molar-refractivity contribution in [2.24, 2.45) is 5.10 Å². The summed E-state index contributed by atoms with van der Waals surface area (Å²) in [6, 6.07) is 14.0. The van der Waals surface area contributed by atoms with Crippen molar-refractivity contribution >= 4 is 23.9 Å². The summed E-state index contributed by atoms with van der Waals surface area (Å²) in [6.45, 7) is 0. The maximum atomic E-state index is 12.8. The number of nitrogens with one attached hydrogen (secondary N) is 1. The molecule has 2 heterocycles. The molecular formula is C22H16F3N7OS. The quantitative estimate of drug-likeness (QED) is 0.243. The number of rotatable bonds is 7. The average Bonchev–Trinajstić information content (AvgIpc) is 3.27. The highest BCUT2D eigenvalue weighted by Gasteiger charge is 2.30. The summed E-state index contributed by atoms with van der Waals surface area (Å²) < 4.78 is 40.2. The highest BCUT2D eigenvalue weighted by Crippen LogP contribution is 2.29. The van der Waals surface area contributed by atoms with E-state index in [1.165, 1.54) is 12.1 Å². The summed E-state index contributed by atoms with van der Waals surface area (Å²) in [5.74, 6) is -0.0487. The van der Waals surface area contributed by atoms with Gasteiger partial charge in [-0.15, -0.1) is 10.2 Å². The molecule has 0 aliphatic rings. The van der Waals surface area contributed by atoms with Crippen molar-refractivity contribution in [2.75, 3.05) is 5.75 Å². The van der Waals surface area contributed by atoms with Gasteiger partial charge in [0, 0.05) is 18.1 Å². The van der Waals surface area contributed by atoms with Crippen molar-refractivity contribution in [1.82, 2.24) is 30.2 Å². The third-order valence-corrected chi connectivity index (χ3v) is 5.32. The Kier molecular flexibility index (Phi) is 6.97. The third-order valence-electron chi connectivity index (χ3n) is 4.39. The van der Waals surface area contributed by atoms with Gasteiger partial charge in [0.1, 0.15) is 5.69 Å². The molecule has 1 N–H and O–H groups in total. The second-order valence-corrected chi connectivity index (χ2v) is 7.72. The van der Waals surface area contributed by atoms with E-state index in [2.05, 4.69) is 30.7 Å². The molecule has 0 saturated heterocycles. The lowest BCUT2D eigenvalue weighted by Crippen LogP contribution is -2.20. The fourth-order valence-electron chi connectivity index (χ4n) is 2.89. The van der Waals surface area contributed by atoms with Crippen LogP contribution in [0.2, 0.25) is 0 Å². The molecule has 0 unspecified atom stereocenters. The molecule has 0 aliphatic heterocycles. The molecule has 2 aromatic heterocycles. The summed E-state index contributed by atoms with van der Waals surface area (Å²) in [4.78, 5) is 20.6. The number of aromatic nitrogens is 5. The summed E-state index contributed by atoms with van der Waals surface area (Å²) >= 11 is 1.12. The monoisotopic (exact) mass is 483 g/mol. The fraction of sp³-hybridized carbons (Fsp3) is 0.0909. The number of nitrogens with zero attached hydrogens (tertiary/aromatic N) is 6. The highest BCUT2D eigenvalue weighted by molar-refractivity contribution is 7.99. The Hall–Kier alpha value is -4.06. The predicted octanol–water partition coefficient (Wildman–Crippen LogP) is 3.99. The van der Waals surface area contributed by atoms with Gasteiger partial charge in [0.2, 0.25) is 0 Å². The van der Waals surface area contributed by atoms with Crippen LogP contribution in [0.25, 0.3) is 17.2 Å². The van der Waals surface area contributed by atoms with Crippen molar-refractivity contribution in [3.63, 3.8) is 0 Å². The van der Waals surface area contributed by atoms with Crippen molar-refractivity contribution in [2.45, 2.75) is 11.3 Å². The lowest BCUT2D eigenvalue weighted by atomic mass is 10.1. The minimum atomic E-state index is -4.46. The maximum absolute atomic E-state index is 12.8. The highest BCUT2D eigenvalue weighted by atomic mass is 32.2. The van der Waals surface area contributed by atoms with E-state index in [0.717, 1.165) is 35.8 Å². The van der Waals surface area contributed by atoms with Crippen LogP contribution in [0.4, 0.5) is 13.2 Å². The van der Waals surface area contributed by atoms with Gasteiger partial charge in [0.25, 0.3) is 5.91 Å². The third kappa shape index (κ3) is 5.64. The molecule has 0 bridgehead atoms. The van der Waals surface area contributed by atoms with E-state index < -0.39 is 17.6 Å². The van der Waals surface area contributed by atoms with Gasteiger partial charge in [-0.2, -0.15) is 18.3 Å². The van der Waals surface area contributed by atoms with Crippen molar-refractivity contribution < 1.29 is 18.0 Å². The van der Waals surface area contributed by atoms with Crippen molar-refractivity contribution in [1.29, 1.82) is 0 Å². The molecule has 0 spiro atoms. The Bertz CT molecular complexity index is 1290. The van der Waals surface area contributed by atoms with E-state index in [0.29, 0.717) is 16.7 Å².